The summed E-state index contributed by atoms with van der Waals surface area (Å²) in [6.07, 6.45) is 2.39. The number of hydrogen-bond donors (Lipinski definition) is 0. The molecule has 0 N–H and O–H groups in total. The first-order valence-corrected chi connectivity index (χ1v) is 8.31. The summed E-state index contributed by atoms with van der Waals surface area (Å²) >= 11 is 1.44. The molecule has 0 saturated carbocycles. The standard InChI is InChI=1S/C16H16N4OS/c1-11-10-22-16-17-15(21)14(18-20(11)16)12-6-2-3-7-13(12)19-8-4-5-9-19/h2-3,6-7,10H,4-5,8-9H2,1H3. The molecule has 1 aliphatic heterocycles. The highest BCUT2D eigenvalue weighted by molar-refractivity contribution is 7.15. The van der Waals surface area contributed by atoms with E-state index < -0.39 is 0 Å². The number of nitrogens with zero attached hydrogens (tertiary/aromatic N) is 4. The van der Waals surface area contributed by atoms with Crippen LogP contribution in [-0.4, -0.2) is 27.7 Å². The molecule has 0 amide bonds. The number of aryl methyl sites for hydroxylation is 1. The number of benzene rings is 1. The highest BCUT2D eigenvalue weighted by Crippen LogP contribution is 2.30. The molecule has 1 aliphatic rings. The van der Waals surface area contributed by atoms with Crippen LogP contribution in [0.15, 0.2) is 34.4 Å². The van der Waals surface area contributed by atoms with E-state index in [0.717, 1.165) is 30.0 Å². The zero-order chi connectivity index (χ0) is 15.1. The lowest BCUT2D eigenvalue weighted by Crippen LogP contribution is -2.21. The highest BCUT2D eigenvalue weighted by atomic mass is 32.1. The van der Waals surface area contributed by atoms with Crippen LogP contribution in [0.4, 0.5) is 5.69 Å². The molecule has 0 radical (unpaired) electrons. The van der Waals surface area contributed by atoms with Crippen molar-refractivity contribution in [3.8, 4) is 11.3 Å². The molecule has 0 bridgehead atoms. The van der Waals surface area contributed by atoms with Crippen molar-refractivity contribution in [2.45, 2.75) is 19.8 Å². The van der Waals surface area contributed by atoms with Crippen LogP contribution in [0, 0.1) is 6.92 Å². The second kappa shape index (κ2) is 5.21. The summed E-state index contributed by atoms with van der Waals surface area (Å²) in [5, 5.41) is 6.53. The van der Waals surface area contributed by atoms with Gasteiger partial charge >= 0.3 is 5.56 Å². The van der Waals surface area contributed by atoms with Crippen LogP contribution in [0.3, 0.4) is 0 Å². The topological polar surface area (TPSA) is 50.5 Å². The van der Waals surface area contributed by atoms with Crippen molar-refractivity contribution in [1.82, 2.24) is 14.6 Å². The molecule has 1 aromatic carbocycles. The maximum atomic E-state index is 12.4. The van der Waals surface area contributed by atoms with Gasteiger partial charge in [0.25, 0.3) is 0 Å². The van der Waals surface area contributed by atoms with Crippen molar-refractivity contribution < 1.29 is 0 Å². The molecular weight excluding hydrogens is 296 g/mol. The summed E-state index contributed by atoms with van der Waals surface area (Å²) in [7, 11) is 0. The van der Waals surface area contributed by atoms with Gasteiger partial charge in [-0.25, -0.2) is 4.52 Å². The van der Waals surface area contributed by atoms with Crippen LogP contribution < -0.4 is 10.5 Å². The monoisotopic (exact) mass is 312 g/mol. The molecule has 1 fully saturated rings. The Morgan fingerprint density at radius 1 is 1.18 bits per heavy atom. The fourth-order valence-electron chi connectivity index (χ4n) is 2.94. The van der Waals surface area contributed by atoms with Crippen molar-refractivity contribution in [2.24, 2.45) is 0 Å². The first-order valence-electron chi connectivity index (χ1n) is 7.43. The smallest absolute Gasteiger partial charge is 0.300 e. The summed E-state index contributed by atoms with van der Waals surface area (Å²) in [6, 6.07) is 7.99. The first kappa shape index (κ1) is 13.5. The second-order valence-electron chi connectivity index (χ2n) is 5.55. The minimum Gasteiger partial charge on any atom is -0.371 e. The predicted molar refractivity (Wildman–Crippen MR) is 88.8 cm³/mol. The Morgan fingerprint density at radius 2 is 1.95 bits per heavy atom. The molecule has 3 aromatic rings. The van der Waals surface area contributed by atoms with Crippen molar-refractivity contribution in [3.63, 3.8) is 0 Å². The van der Waals surface area contributed by atoms with E-state index >= 15 is 0 Å². The molecule has 0 aliphatic carbocycles. The van der Waals surface area contributed by atoms with Gasteiger partial charge in [-0.2, -0.15) is 10.1 Å². The molecule has 6 heteroatoms. The molecule has 2 aromatic heterocycles. The molecule has 1 saturated heterocycles. The van der Waals surface area contributed by atoms with E-state index in [2.05, 4.69) is 21.0 Å². The van der Waals surface area contributed by atoms with Crippen molar-refractivity contribution in [1.29, 1.82) is 0 Å². The average molecular weight is 312 g/mol. The number of rotatable bonds is 2. The van der Waals surface area contributed by atoms with E-state index in [4.69, 9.17) is 0 Å². The maximum Gasteiger partial charge on any atom is 0.300 e. The number of aromatic nitrogens is 3. The van der Waals surface area contributed by atoms with Crippen LogP contribution in [0.25, 0.3) is 16.2 Å². The van der Waals surface area contributed by atoms with E-state index in [1.807, 2.05) is 30.5 Å². The lowest BCUT2D eigenvalue weighted by molar-refractivity contribution is 0.872. The van der Waals surface area contributed by atoms with Gasteiger partial charge < -0.3 is 4.90 Å². The van der Waals surface area contributed by atoms with E-state index in [0.29, 0.717) is 10.7 Å². The molecule has 3 heterocycles. The fourth-order valence-corrected chi connectivity index (χ4v) is 3.74. The van der Waals surface area contributed by atoms with Gasteiger partial charge in [0.2, 0.25) is 4.96 Å². The molecule has 0 spiro atoms. The summed E-state index contributed by atoms with van der Waals surface area (Å²) in [4.78, 5) is 19.6. The SMILES string of the molecule is Cc1csc2nc(=O)c(-c3ccccc3N3CCCC3)nn12. The Balaban J connectivity index is 1.93. The molecule has 5 nitrogen and oxygen atoms in total. The maximum absolute atomic E-state index is 12.4. The second-order valence-corrected chi connectivity index (χ2v) is 6.38. The minimum atomic E-state index is -0.256. The van der Waals surface area contributed by atoms with Gasteiger partial charge in [0.1, 0.15) is 0 Å². The molecule has 22 heavy (non-hydrogen) atoms. The summed E-state index contributed by atoms with van der Waals surface area (Å²) < 4.78 is 1.75. The van der Waals surface area contributed by atoms with E-state index in [1.54, 1.807) is 4.52 Å². The van der Waals surface area contributed by atoms with Gasteiger partial charge in [0, 0.05) is 29.7 Å². The van der Waals surface area contributed by atoms with Crippen LogP contribution in [0.5, 0.6) is 0 Å². The molecular formula is C16H16N4OS. The summed E-state index contributed by atoms with van der Waals surface area (Å²) in [6.45, 7) is 4.04. The summed E-state index contributed by atoms with van der Waals surface area (Å²) in [5.41, 5.74) is 3.13. The van der Waals surface area contributed by atoms with Gasteiger partial charge in [0.15, 0.2) is 5.69 Å². The fraction of sp³-hybridized carbons (Fsp3) is 0.312. The highest BCUT2D eigenvalue weighted by Gasteiger charge is 2.19. The van der Waals surface area contributed by atoms with E-state index in [-0.39, 0.29) is 5.56 Å². The first-order chi connectivity index (χ1) is 10.7. The van der Waals surface area contributed by atoms with Crippen LogP contribution >= 0.6 is 11.3 Å². The zero-order valence-corrected chi connectivity index (χ0v) is 13.1. The number of anilines is 1. The minimum absolute atomic E-state index is 0.256. The number of fused-ring (bicyclic) bond motifs is 1. The van der Waals surface area contributed by atoms with Crippen molar-refractivity contribution in [3.05, 3.63) is 45.7 Å². The molecule has 4 rings (SSSR count). The quantitative estimate of drug-likeness (QED) is 0.730. The van der Waals surface area contributed by atoms with Crippen molar-refractivity contribution in [2.75, 3.05) is 18.0 Å². The molecule has 0 atom stereocenters. The Bertz CT molecular complexity index is 893. The number of hydrogen-bond acceptors (Lipinski definition) is 5. The largest absolute Gasteiger partial charge is 0.371 e. The third kappa shape index (κ3) is 2.11. The predicted octanol–water partition coefficient (Wildman–Crippen LogP) is 2.73. The van der Waals surface area contributed by atoms with Crippen molar-refractivity contribution >= 4 is 22.0 Å². The Hall–Kier alpha value is -2.21. The van der Waals surface area contributed by atoms with Gasteiger partial charge in [0.05, 0.1) is 5.69 Å². The molecule has 112 valence electrons. The van der Waals surface area contributed by atoms with Gasteiger partial charge in [-0.3, -0.25) is 4.79 Å². The Kier molecular flexibility index (Phi) is 3.18. The average Bonchev–Trinajstić information content (AvgIpc) is 3.17. The van der Waals surface area contributed by atoms with Crippen LogP contribution in [-0.2, 0) is 0 Å². The normalized spacial score (nSPS) is 14.9. The number of thiazole rings is 1. The third-order valence-corrected chi connectivity index (χ3v) is 4.99. The van der Waals surface area contributed by atoms with Crippen LogP contribution in [0.2, 0.25) is 0 Å². The zero-order valence-electron chi connectivity index (χ0n) is 12.3. The summed E-state index contributed by atoms with van der Waals surface area (Å²) in [5.74, 6) is 0. The van der Waals surface area contributed by atoms with E-state index in [1.165, 1.54) is 24.2 Å². The third-order valence-electron chi connectivity index (χ3n) is 4.06. The number of para-hydroxylation sites is 1. The lowest BCUT2D eigenvalue weighted by Gasteiger charge is -2.20. The van der Waals surface area contributed by atoms with Gasteiger partial charge in [-0.05, 0) is 25.8 Å². The van der Waals surface area contributed by atoms with Crippen LogP contribution in [0.1, 0.15) is 18.5 Å². The van der Waals surface area contributed by atoms with Gasteiger partial charge in [-0.15, -0.1) is 11.3 Å². The van der Waals surface area contributed by atoms with Gasteiger partial charge in [-0.1, -0.05) is 18.2 Å². The van der Waals surface area contributed by atoms with E-state index in [9.17, 15) is 4.79 Å². The lowest BCUT2D eigenvalue weighted by atomic mass is 10.1. The molecule has 0 unspecified atom stereocenters. The Morgan fingerprint density at radius 3 is 2.77 bits per heavy atom. The Labute approximate surface area is 131 Å².